The minimum Gasteiger partial charge on any atom is -0.488 e. The summed E-state index contributed by atoms with van der Waals surface area (Å²) in [5.74, 6) is -0.268. The van der Waals surface area contributed by atoms with E-state index >= 15 is 0 Å². The largest absolute Gasteiger partial charge is 0.488 e. The number of ether oxygens (including phenoxy) is 3. The number of nitriles is 1. The fourth-order valence-electron chi connectivity index (χ4n) is 7.93. The Bertz CT molecular complexity index is 2600. The van der Waals surface area contributed by atoms with Crippen molar-refractivity contribution in [3.63, 3.8) is 0 Å². The Labute approximate surface area is 376 Å². The molecule has 0 spiro atoms. The quantitative estimate of drug-likeness (QED) is 0.122. The number of hydrogen-bond acceptors (Lipinski definition) is 10. The summed E-state index contributed by atoms with van der Waals surface area (Å²) in [7, 11) is 1.79. The maximum atomic E-state index is 13.7. The molecule has 2 N–H and O–H groups in total. The van der Waals surface area contributed by atoms with Gasteiger partial charge in [-0.25, -0.2) is 9.78 Å². The van der Waals surface area contributed by atoms with Gasteiger partial charge < -0.3 is 34.1 Å². The zero-order valence-corrected chi connectivity index (χ0v) is 37.3. The van der Waals surface area contributed by atoms with Crippen LogP contribution in [0.15, 0.2) is 67.0 Å². The number of benzene rings is 3. The molecular weight excluding hydrogens is 845 g/mol. The summed E-state index contributed by atoms with van der Waals surface area (Å²) in [6, 6.07) is 17.9. The molecule has 0 bridgehead atoms. The van der Waals surface area contributed by atoms with Crippen LogP contribution in [0.4, 0.5) is 10.5 Å². The van der Waals surface area contributed by atoms with Gasteiger partial charge in [-0.05, 0) is 82.0 Å². The standard InChI is InChI=1S/C47H49Cl2N7O7/c1-28-31(27-62-41-20-40(61-26-30-18-29(21-50)22-51-23-30)32(19-35(41)48)24-55-16-7-6-14-39(55)45(58)59)10-8-11-33(28)34-12-9-13-36(42(34)49)53-44(57)43-52-37-25-56(17-15-38(37)54(43)5)46(60)63-47(2,3)4/h8-13,18-20,22-23,39H,6-7,14-17,24-27H2,1-5H3,(H,53,57)(H,58,59). The lowest BCUT2D eigenvalue weighted by atomic mass is 9.96. The lowest BCUT2D eigenvalue weighted by Gasteiger charge is -2.33. The predicted molar refractivity (Wildman–Crippen MR) is 238 cm³/mol. The molecule has 0 aliphatic carbocycles. The zero-order chi connectivity index (χ0) is 45.0. The fourth-order valence-corrected chi connectivity index (χ4v) is 8.44. The number of halogens is 2. The molecule has 3 aromatic carbocycles. The molecule has 1 unspecified atom stereocenters. The summed E-state index contributed by atoms with van der Waals surface area (Å²) in [5.41, 5.74) is 6.39. The molecule has 2 amide bonds. The third-order valence-electron chi connectivity index (χ3n) is 11.2. The SMILES string of the molecule is Cc1c(COc2cc(OCc3cncc(C#N)c3)c(CN3CCCCC3C(=O)O)cc2Cl)cccc1-c1cccc(NC(=O)c2nc3c(n2C)CCN(C(=O)OC(C)(C)C)C3)c1Cl. The number of aromatic nitrogens is 3. The van der Waals surface area contributed by atoms with Crippen molar-refractivity contribution in [2.45, 2.75) is 91.3 Å². The average molecular weight is 895 g/mol. The molecule has 5 aromatic rings. The second-order valence-electron chi connectivity index (χ2n) is 16.7. The molecule has 63 heavy (non-hydrogen) atoms. The number of aliphatic carboxylic acids is 1. The molecule has 328 valence electrons. The van der Waals surface area contributed by atoms with Crippen molar-refractivity contribution < 1.29 is 33.7 Å². The number of nitrogens with zero attached hydrogens (tertiary/aromatic N) is 6. The summed E-state index contributed by atoms with van der Waals surface area (Å²) in [5, 5.41) is 23.0. The number of carbonyl (C=O) groups is 3. The highest BCUT2D eigenvalue weighted by molar-refractivity contribution is 6.36. The van der Waals surface area contributed by atoms with Gasteiger partial charge >= 0.3 is 12.1 Å². The first-order valence-electron chi connectivity index (χ1n) is 20.7. The number of amides is 2. The fraction of sp³-hybridized carbons (Fsp3) is 0.362. The van der Waals surface area contributed by atoms with E-state index in [0.29, 0.717) is 87.7 Å². The third kappa shape index (κ3) is 10.4. The third-order valence-corrected chi connectivity index (χ3v) is 11.9. The number of likely N-dealkylation sites (tertiary alicyclic amines) is 1. The Morgan fingerprint density at radius 2 is 1.73 bits per heavy atom. The highest BCUT2D eigenvalue weighted by atomic mass is 35.5. The van der Waals surface area contributed by atoms with Crippen LogP contribution < -0.4 is 14.8 Å². The van der Waals surface area contributed by atoms with Gasteiger partial charge in [0, 0.05) is 67.4 Å². The molecule has 0 saturated carbocycles. The van der Waals surface area contributed by atoms with Crippen LogP contribution in [0.2, 0.25) is 10.0 Å². The number of hydrogen-bond donors (Lipinski definition) is 2. The van der Waals surface area contributed by atoms with Crippen molar-refractivity contribution >= 4 is 46.9 Å². The van der Waals surface area contributed by atoms with Crippen LogP contribution in [0, 0.1) is 18.3 Å². The van der Waals surface area contributed by atoms with Gasteiger partial charge in [-0.2, -0.15) is 5.26 Å². The molecule has 2 aliphatic rings. The second kappa shape index (κ2) is 19.1. The monoisotopic (exact) mass is 893 g/mol. The molecule has 1 fully saturated rings. The van der Waals surface area contributed by atoms with E-state index in [1.807, 2.05) is 62.9 Å². The molecule has 16 heteroatoms. The van der Waals surface area contributed by atoms with E-state index in [4.69, 9.17) is 37.4 Å². The lowest BCUT2D eigenvalue weighted by molar-refractivity contribution is -0.144. The number of anilines is 1. The number of carbonyl (C=O) groups excluding carboxylic acids is 2. The smallest absolute Gasteiger partial charge is 0.410 e. The summed E-state index contributed by atoms with van der Waals surface area (Å²) in [4.78, 5) is 50.9. The number of fused-ring (bicyclic) bond motifs is 1. The van der Waals surface area contributed by atoms with Gasteiger partial charge in [-0.3, -0.25) is 19.5 Å². The maximum absolute atomic E-state index is 13.7. The first-order valence-corrected chi connectivity index (χ1v) is 21.5. The van der Waals surface area contributed by atoms with Crippen molar-refractivity contribution in [1.82, 2.24) is 24.3 Å². The molecule has 1 atom stereocenters. The molecule has 2 aliphatic heterocycles. The van der Waals surface area contributed by atoms with Gasteiger partial charge in [-0.1, -0.05) is 60.0 Å². The van der Waals surface area contributed by atoms with E-state index in [1.54, 1.807) is 47.0 Å². The molecule has 2 aromatic heterocycles. The Morgan fingerprint density at radius 3 is 2.49 bits per heavy atom. The van der Waals surface area contributed by atoms with Crippen LogP contribution in [-0.2, 0) is 49.3 Å². The first-order chi connectivity index (χ1) is 30.1. The van der Waals surface area contributed by atoms with Crippen molar-refractivity contribution in [3.05, 3.63) is 122 Å². The molecule has 7 rings (SSSR count). The van der Waals surface area contributed by atoms with Gasteiger partial charge in [0.25, 0.3) is 5.91 Å². The van der Waals surface area contributed by atoms with Crippen LogP contribution in [0.1, 0.15) is 89.9 Å². The summed E-state index contributed by atoms with van der Waals surface area (Å²) in [6.07, 6.45) is 5.49. The molecule has 14 nitrogen and oxygen atoms in total. The van der Waals surface area contributed by atoms with Gasteiger partial charge in [0.15, 0.2) is 5.82 Å². The lowest BCUT2D eigenvalue weighted by Crippen LogP contribution is -2.44. The predicted octanol–water partition coefficient (Wildman–Crippen LogP) is 9.11. The topological polar surface area (TPSA) is 172 Å². The Hall–Kier alpha value is -6.14. The van der Waals surface area contributed by atoms with E-state index in [2.05, 4.69) is 21.4 Å². The van der Waals surface area contributed by atoms with Gasteiger partial charge in [0.1, 0.15) is 42.4 Å². The molecule has 1 saturated heterocycles. The molecular formula is C47H49Cl2N7O7. The van der Waals surface area contributed by atoms with Crippen LogP contribution in [0.3, 0.4) is 0 Å². The molecule has 4 heterocycles. The van der Waals surface area contributed by atoms with Crippen LogP contribution in [0.5, 0.6) is 11.5 Å². The number of piperidine rings is 1. The highest BCUT2D eigenvalue weighted by Crippen LogP contribution is 2.39. The van der Waals surface area contributed by atoms with E-state index in [-0.39, 0.29) is 25.6 Å². The van der Waals surface area contributed by atoms with Crippen LogP contribution in [0.25, 0.3) is 11.1 Å². The average Bonchev–Trinajstić information content (AvgIpc) is 3.59. The van der Waals surface area contributed by atoms with Crippen molar-refractivity contribution in [3.8, 4) is 28.7 Å². The zero-order valence-electron chi connectivity index (χ0n) is 35.8. The van der Waals surface area contributed by atoms with Crippen molar-refractivity contribution in [1.29, 1.82) is 5.26 Å². The summed E-state index contributed by atoms with van der Waals surface area (Å²) >= 11 is 13.9. The minimum atomic E-state index is -0.865. The van der Waals surface area contributed by atoms with Gasteiger partial charge in [0.05, 0.1) is 33.5 Å². The number of imidazole rings is 1. The van der Waals surface area contributed by atoms with E-state index in [9.17, 15) is 24.8 Å². The Morgan fingerprint density at radius 1 is 0.968 bits per heavy atom. The van der Waals surface area contributed by atoms with Crippen LogP contribution in [-0.4, -0.2) is 72.1 Å². The number of pyridine rings is 1. The molecule has 0 radical (unpaired) electrons. The number of carboxylic acid groups (broad SMARTS) is 1. The van der Waals surface area contributed by atoms with E-state index in [1.165, 1.54) is 6.20 Å². The maximum Gasteiger partial charge on any atom is 0.410 e. The Balaban J connectivity index is 1.09. The second-order valence-corrected chi connectivity index (χ2v) is 17.5. The van der Waals surface area contributed by atoms with Gasteiger partial charge in [0.2, 0.25) is 0 Å². The first kappa shape index (κ1) is 44.9. The van der Waals surface area contributed by atoms with Crippen LogP contribution >= 0.6 is 23.2 Å². The number of carboxylic acids is 1. The number of nitrogens with one attached hydrogen (secondary N) is 1. The Kier molecular flexibility index (Phi) is 13.6. The number of rotatable bonds is 12. The normalized spacial score (nSPS) is 15.3. The van der Waals surface area contributed by atoms with Crippen molar-refractivity contribution in [2.75, 3.05) is 18.4 Å². The minimum absolute atomic E-state index is 0.110. The summed E-state index contributed by atoms with van der Waals surface area (Å²) < 4.78 is 20.0. The van der Waals surface area contributed by atoms with E-state index < -0.39 is 29.6 Å². The summed E-state index contributed by atoms with van der Waals surface area (Å²) in [6.45, 7) is 9.29. The van der Waals surface area contributed by atoms with Gasteiger partial charge in [-0.15, -0.1) is 0 Å². The van der Waals surface area contributed by atoms with E-state index in [0.717, 1.165) is 35.2 Å². The van der Waals surface area contributed by atoms with Crippen molar-refractivity contribution in [2.24, 2.45) is 7.05 Å². The highest BCUT2D eigenvalue weighted by Gasteiger charge is 2.32.